The van der Waals surface area contributed by atoms with Crippen LogP contribution in [0.25, 0.3) is 10.9 Å². The lowest BCUT2D eigenvalue weighted by atomic mass is 10.2. The molecule has 0 fully saturated rings. The molecular formula is C33H29FN4O5. The molecule has 10 heteroatoms. The van der Waals surface area contributed by atoms with E-state index in [2.05, 4.69) is 15.6 Å². The SMILES string of the molecule is COc1ccc(Oc2ccc(NC(=O)CN(C(=O)c3cc4cccc(F)c4[nH]3)C(C=O)CNc3ccccc3)cc2)cc1. The normalized spacial score (nSPS) is 11.4. The number of aromatic nitrogens is 1. The van der Waals surface area contributed by atoms with Gasteiger partial charge in [-0.05, 0) is 72.8 Å². The summed E-state index contributed by atoms with van der Waals surface area (Å²) in [5.74, 6) is 0.221. The first-order chi connectivity index (χ1) is 20.9. The molecule has 5 rings (SSSR count). The first-order valence-electron chi connectivity index (χ1n) is 13.5. The number of hydrogen-bond donors (Lipinski definition) is 3. The van der Waals surface area contributed by atoms with E-state index in [1.165, 1.54) is 18.2 Å². The standard InChI is InChI=1S/C33H29FN4O5/c1-42-26-14-16-28(17-15-26)43-27-12-10-24(11-13-27)36-31(40)20-38(25(21-39)19-35-23-7-3-2-4-8-23)33(41)30-18-22-6-5-9-29(34)32(22)37-30/h2-18,21,25,35,37H,19-20H2,1H3,(H,36,40). The number of carbonyl (C=O) groups excluding carboxylic acids is 3. The number of aromatic amines is 1. The fourth-order valence-corrected chi connectivity index (χ4v) is 4.48. The van der Waals surface area contributed by atoms with Gasteiger partial charge in [0.05, 0.1) is 12.6 Å². The summed E-state index contributed by atoms with van der Waals surface area (Å²) in [6, 6.07) is 28.0. The van der Waals surface area contributed by atoms with Crippen LogP contribution in [0.1, 0.15) is 10.5 Å². The molecule has 0 saturated heterocycles. The Morgan fingerprint density at radius 1 is 0.884 bits per heavy atom. The molecule has 0 spiro atoms. The number of aldehydes is 1. The fourth-order valence-electron chi connectivity index (χ4n) is 4.48. The van der Waals surface area contributed by atoms with Crippen LogP contribution in [0.3, 0.4) is 0 Å². The number of rotatable bonds is 12. The summed E-state index contributed by atoms with van der Waals surface area (Å²) in [5.41, 5.74) is 1.44. The molecule has 0 radical (unpaired) electrons. The van der Waals surface area contributed by atoms with E-state index in [0.717, 1.165) is 10.6 Å². The molecule has 0 aliphatic rings. The second-order valence-electron chi connectivity index (χ2n) is 9.62. The summed E-state index contributed by atoms with van der Waals surface area (Å²) in [6.45, 7) is -0.376. The summed E-state index contributed by atoms with van der Waals surface area (Å²) >= 11 is 0. The lowest BCUT2D eigenvalue weighted by molar-refractivity contribution is -0.118. The van der Waals surface area contributed by atoms with Gasteiger partial charge in [0, 0.05) is 23.3 Å². The number of H-pyrrole nitrogens is 1. The van der Waals surface area contributed by atoms with Crippen molar-refractivity contribution in [2.75, 3.05) is 30.8 Å². The zero-order chi connectivity index (χ0) is 30.2. The number of fused-ring (bicyclic) bond motifs is 1. The number of carbonyl (C=O) groups is 3. The van der Waals surface area contributed by atoms with Crippen LogP contribution >= 0.6 is 0 Å². The zero-order valence-corrected chi connectivity index (χ0v) is 23.3. The maximum Gasteiger partial charge on any atom is 0.271 e. The molecule has 1 unspecified atom stereocenters. The Hall–Kier alpha value is -5.64. The molecular weight excluding hydrogens is 551 g/mol. The van der Waals surface area contributed by atoms with Crippen molar-refractivity contribution in [2.24, 2.45) is 0 Å². The molecule has 1 aromatic heterocycles. The van der Waals surface area contributed by atoms with Crippen LogP contribution in [0.4, 0.5) is 15.8 Å². The molecule has 1 heterocycles. The number of nitrogens with zero attached hydrogens (tertiary/aromatic N) is 1. The quantitative estimate of drug-likeness (QED) is 0.159. The number of nitrogens with one attached hydrogen (secondary N) is 3. The number of ether oxygens (including phenoxy) is 2. The van der Waals surface area contributed by atoms with Crippen LogP contribution in [0.5, 0.6) is 17.2 Å². The average Bonchev–Trinajstić information content (AvgIpc) is 3.48. The number of benzene rings is 4. The predicted molar refractivity (Wildman–Crippen MR) is 162 cm³/mol. The highest BCUT2D eigenvalue weighted by Crippen LogP contribution is 2.25. The van der Waals surface area contributed by atoms with Gasteiger partial charge in [0.15, 0.2) is 0 Å². The fraction of sp³-hybridized carbons (Fsp3) is 0.121. The third-order valence-electron chi connectivity index (χ3n) is 6.69. The third kappa shape index (κ3) is 7.17. The number of halogens is 1. The van der Waals surface area contributed by atoms with E-state index in [1.807, 2.05) is 30.3 Å². The Kier molecular flexibility index (Phi) is 8.96. The Morgan fingerprint density at radius 2 is 1.56 bits per heavy atom. The number of para-hydroxylation sites is 2. The molecule has 2 amide bonds. The van der Waals surface area contributed by atoms with Crippen molar-refractivity contribution in [3.63, 3.8) is 0 Å². The van der Waals surface area contributed by atoms with E-state index in [4.69, 9.17) is 9.47 Å². The number of amides is 2. The highest BCUT2D eigenvalue weighted by atomic mass is 19.1. The smallest absolute Gasteiger partial charge is 0.271 e. The van der Waals surface area contributed by atoms with Gasteiger partial charge in [0.1, 0.15) is 47.6 Å². The number of hydrogen-bond acceptors (Lipinski definition) is 6. The van der Waals surface area contributed by atoms with Crippen molar-refractivity contribution in [1.29, 1.82) is 0 Å². The van der Waals surface area contributed by atoms with Crippen molar-refractivity contribution in [3.8, 4) is 17.2 Å². The van der Waals surface area contributed by atoms with Crippen molar-refractivity contribution in [3.05, 3.63) is 115 Å². The Morgan fingerprint density at radius 3 is 2.21 bits per heavy atom. The van der Waals surface area contributed by atoms with Crippen LogP contribution in [0.2, 0.25) is 0 Å². The van der Waals surface area contributed by atoms with E-state index in [9.17, 15) is 18.8 Å². The second-order valence-corrected chi connectivity index (χ2v) is 9.62. The van der Waals surface area contributed by atoms with Crippen molar-refractivity contribution < 1.29 is 28.2 Å². The van der Waals surface area contributed by atoms with Crippen molar-refractivity contribution >= 4 is 40.4 Å². The van der Waals surface area contributed by atoms with E-state index >= 15 is 0 Å². The van der Waals surface area contributed by atoms with E-state index in [-0.39, 0.29) is 17.8 Å². The summed E-state index contributed by atoms with van der Waals surface area (Å²) in [7, 11) is 1.59. The van der Waals surface area contributed by atoms with Crippen LogP contribution in [-0.4, -0.2) is 54.2 Å². The minimum atomic E-state index is -1.00. The van der Waals surface area contributed by atoms with Gasteiger partial charge in [-0.15, -0.1) is 0 Å². The first-order valence-corrected chi connectivity index (χ1v) is 13.5. The lowest BCUT2D eigenvalue weighted by Gasteiger charge is -2.28. The molecule has 218 valence electrons. The zero-order valence-electron chi connectivity index (χ0n) is 23.3. The van der Waals surface area contributed by atoms with E-state index in [1.54, 1.807) is 61.7 Å². The maximum absolute atomic E-state index is 14.3. The summed E-state index contributed by atoms with van der Waals surface area (Å²) < 4.78 is 25.3. The van der Waals surface area contributed by atoms with Crippen LogP contribution in [0, 0.1) is 5.82 Å². The Balaban J connectivity index is 1.31. The van der Waals surface area contributed by atoms with Gasteiger partial charge in [-0.25, -0.2) is 4.39 Å². The summed E-state index contributed by atoms with van der Waals surface area (Å²) in [5, 5.41) is 6.38. The van der Waals surface area contributed by atoms with Crippen LogP contribution in [-0.2, 0) is 9.59 Å². The van der Waals surface area contributed by atoms with Gasteiger partial charge in [0.25, 0.3) is 5.91 Å². The van der Waals surface area contributed by atoms with Crippen molar-refractivity contribution in [2.45, 2.75) is 6.04 Å². The monoisotopic (exact) mass is 580 g/mol. The maximum atomic E-state index is 14.3. The molecule has 1 atom stereocenters. The highest BCUT2D eigenvalue weighted by molar-refractivity contribution is 6.02. The minimum absolute atomic E-state index is 0.0541. The lowest BCUT2D eigenvalue weighted by Crippen LogP contribution is -2.48. The first kappa shape index (κ1) is 28.9. The average molecular weight is 581 g/mol. The van der Waals surface area contributed by atoms with Gasteiger partial charge >= 0.3 is 0 Å². The van der Waals surface area contributed by atoms with Crippen LogP contribution in [0.15, 0.2) is 103 Å². The van der Waals surface area contributed by atoms with Gasteiger partial charge in [-0.1, -0.05) is 30.3 Å². The molecule has 9 nitrogen and oxygen atoms in total. The molecule has 0 aliphatic carbocycles. The largest absolute Gasteiger partial charge is 0.497 e. The predicted octanol–water partition coefficient (Wildman–Crippen LogP) is 5.87. The highest BCUT2D eigenvalue weighted by Gasteiger charge is 2.28. The second kappa shape index (κ2) is 13.3. The topological polar surface area (TPSA) is 113 Å². The molecule has 0 saturated carbocycles. The molecule has 0 bridgehead atoms. The van der Waals surface area contributed by atoms with Gasteiger partial charge in [-0.3, -0.25) is 9.59 Å². The number of methoxy groups -OCH3 is 1. The summed E-state index contributed by atoms with van der Waals surface area (Å²) in [4.78, 5) is 43.0. The van der Waals surface area contributed by atoms with Crippen molar-refractivity contribution in [1.82, 2.24) is 9.88 Å². The van der Waals surface area contributed by atoms with Gasteiger partial charge < -0.3 is 34.8 Å². The van der Waals surface area contributed by atoms with Gasteiger partial charge in [0.2, 0.25) is 5.91 Å². The minimum Gasteiger partial charge on any atom is -0.497 e. The number of anilines is 2. The van der Waals surface area contributed by atoms with Gasteiger partial charge in [-0.2, -0.15) is 0 Å². The molecule has 0 aliphatic heterocycles. The Labute approximate surface area is 247 Å². The molecule has 4 aromatic carbocycles. The molecule has 43 heavy (non-hydrogen) atoms. The summed E-state index contributed by atoms with van der Waals surface area (Å²) in [6.07, 6.45) is 0.607. The third-order valence-corrected chi connectivity index (χ3v) is 6.69. The van der Waals surface area contributed by atoms with Crippen LogP contribution < -0.4 is 20.1 Å². The molecule has 3 N–H and O–H groups in total. The molecule has 5 aromatic rings. The van der Waals surface area contributed by atoms with E-state index < -0.39 is 30.2 Å². The van der Waals surface area contributed by atoms with E-state index in [0.29, 0.717) is 34.6 Å². The Bertz CT molecular complexity index is 1710.